The van der Waals surface area contributed by atoms with Gasteiger partial charge in [0.2, 0.25) is 0 Å². The van der Waals surface area contributed by atoms with Gasteiger partial charge >= 0.3 is 6.18 Å². The number of hydrogen-bond donors (Lipinski definition) is 2. The molecule has 0 aliphatic heterocycles. The van der Waals surface area contributed by atoms with Gasteiger partial charge in [-0.1, -0.05) is 0 Å². The van der Waals surface area contributed by atoms with E-state index in [1.54, 1.807) is 7.05 Å². The van der Waals surface area contributed by atoms with Crippen molar-refractivity contribution in [1.29, 1.82) is 0 Å². The Balaban J connectivity index is 2.65. The zero-order chi connectivity index (χ0) is 12.3. The first-order valence-electron chi connectivity index (χ1n) is 5.51. The molecule has 0 spiro atoms. The summed E-state index contributed by atoms with van der Waals surface area (Å²) in [6, 6.07) is 0.00595. The molecule has 6 heteroatoms. The van der Waals surface area contributed by atoms with Crippen molar-refractivity contribution in [2.45, 2.75) is 37.5 Å². The fraction of sp³-hybridized carbons (Fsp3) is 1.00. The molecule has 3 nitrogen and oxygen atoms in total. The lowest BCUT2D eigenvalue weighted by Crippen LogP contribution is -2.55. The van der Waals surface area contributed by atoms with Crippen molar-refractivity contribution in [1.82, 2.24) is 15.8 Å². The first-order chi connectivity index (χ1) is 7.36. The van der Waals surface area contributed by atoms with E-state index in [2.05, 4.69) is 10.9 Å². The van der Waals surface area contributed by atoms with Crippen molar-refractivity contribution in [2.24, 2.45) is 5.92 Å². The summed E-state index contributed by atoms with van der Waals surface area (Å²) in [6.07, 6.45) is -3.11. The Morgan fingerprint density at radius 3 is 2.25 bits per heavy atom. The molecule has 0 heterocycles. The Hall–Kier alpha value is -0.330. The Labute approximate surface area is 94.3 Å². The largest absolute Gasteiger partial charge is 0.391 e. The summed E-state index contributed by atoms with van der Waals surface area (Å²) in [7, 11) is 5.50. The van der Waals surface area contributed by atoms with E-state index in [-0.39, 0.29) is 24.9 Å². The van der Waals surface area contributed by atoms with Crippen molar-refractivity contribution in [3.8, 4) is 0 Å². The van der Waals surface area contributed by atoms with Gasteiger partial charge in [-0.15, -0.1) is 0 Å². The van der Waals surface area contributed by atoms with Gasteiger partial charge in [0.25, 0.3) is 0 Å². The van der Waals surface area contributed by atoms with Crippen LogP contribution < -0.4 is 10.9 Å². The summed E-state index contributed by atoms with van der Waals surface area (Å²) in [4.78, 5) is 1.99. The Morgan fingerprint density at radius 2 is 1.81 bits per heavy atom. The van der Waals surface area contributed by atoms with Crippen molar-refractivity contribution in [3.63, 3.8) is 0 Å². The maximum atomic E-state index is 12.6. The molecule has 0 radical (unpaired) electrons. The van der Waals surface area contributed by atoms with Gasteiger partial charge in [0.1, 0.15) is 0 Å². The van der Waals surface area contributed by atoms with E-state index in [0.29, 0.717) is 6.42 Å². The highest BCUT2D eigenvalue weighted by atomic mass is 19.4. The number of hydrazine groups is 1. The second-order valence-electron chi connectivity index (χ2n) is 4.58. The maximum Gasteiger partial charge on any atom is 0.391 e. The average Bonchev–Trinajstić information content (AvgIpc) is 2.16. The van der Waals surface area contributed by atoms with Crippen LogP contribution in [0.2, 0.25) is 0 Å². The molecule has 96 valence electrons. The fourth-order valence-corrected chi connectivity index (χ4v) is 2.41. The lowest BCUT2D eigenvalue weighted by molar-refractivity contribution is -0.186. The van der Waals surface area contributed by atoms with Gasteiger partial charge < -0.3 is 4.90 Å². The topological polar surface area (TPSA) is 27.3 Å². The predicted molar refractivity (Wildman–Crippen MR) is 56.9 cm³/mol. The molecule has 1 aliphatic carbocycles. The van der Waals surface area contributed by atoms with Crippen LogP contribution in [0, 0.1) is 5.92 Å². The van der Waals surface area contributed by atoms with Crippen molar-refractivity contribution in [3.05, 3.63) is 0 Å². The summed E-state index contributed by atoms with van der Waals surface area (Å²) in [5.41, 5.74) is 5.68. The molecule has 1 saturated carbocycles. The molecule has 3 atom stereocenters. The lowest BCUT2D eigenvalue weighted by Gasteiger charge is -2.40. The molecule has 0 aromatic rings. The molecule has 0 aromatic heterocycles. The third-order valence-electron chi connectivity index (χ3n) is 3.27. The lowest BCUT2D eigenvalue weighted by atomic mass is 9.81. The number of hydrogen-bond acceptors (Lipinski definition) is 3. The van der Waals surface area contributed by atoms with E-state index in [0.717, 1.165) is 0 Å². The summed E-state index contributed by atoms with van der Waals surface area (Å²) < 4.78 is 37.9. The van der Waals surface area contributed by atoms with Crippen molar-refractivity contribution in [2.75, 3.05) is 21.1 Å². The number of nitrogens with zero attached hydrogens (tertiary/aromatic N) is 1. The van der Waals surface area contributed by atoms with Crippen molar-refractivity contribution < 1.29 is 13.2 Å². The summed E-state index contributed by atoms with van der Waals surface area (Å²) in [6.45, 7) is 0. The van der Waals surface area contributed by atoms with Crippen LogP contribution in [-0.2, 0) is 0 Å². The molecule has 0 amide bonds. The summed E-state index contributed by atoms with van der Waals surface area (Å²) in [5, 5.41) is 0. The highest BCUT2D eigenvalue weighted by Crippen LogP contribution is 2.38. The molecule has 1 fully saturated rings. The van der Waals surface area contributed by atoms with Crippen LogP contribution in [0.15, 0.2) is 0 Å². The average molecular weight is 239 g/mol. The molecular formula is C10H20F3N3. The van der Waals surface area contributed by atoms with Crippen LogP contribution in [0.4, 0.5) is 13.2 Å². The van der Waals surface area contributed by atoms with Gasteiger partial charge in [-0.25, -0.2) is 0 Å². The highest BCUT2D eigenvalue weighted by Gasteiger charge is 2.45. The number of nitrogens with one attached hydrogen (secondary N) is 2. The molecule has 0 aromatic carbocycles. The maximum absolute atomic E-state index is 12.6. The van der Waals surface area contributed by atoms with Gasteiger partial charge in [0.15, 0.2) is 0 Å². The molecule has 2 N–H and O–H groups in total. The predicted octanol–water partition coefficient (Wildman–Crippen LogP) is 1.37. The van der Waals surface area contributed by atoms with Crippen LogP contribution in [0.3, 0.4) is 0 Å². The van der Waals surface area contributed by atoms with E-state index < -0.39 is 12.1 Å². The van der Waals surface area contributed by atoms with E-state index in [1.807, 2.05) is 19.0 Å². The zero-order valence-corrected chi connectivity index (χ0v) is 9.93. The highest BCUT2D eigenvalue weighted by molar-refractivity contribution is 4.90. The third kappa shape index (κ3) is 3.33. The molecule has 0 bridgehead atoms. The molecule has 1 rings (SSSR count). The zero-order valence-electron chi connectivity index (χ0n) is 9.93. The first-order valence-corrected chi connectivity index (χ1v) is 5.51. The van der Waals surface area contributed by atoms with Crippen LogP contribution in [-0.4, -0.2) is 44.3 Å². The number of alkyl halides is 3. The molecular weight excluding hydrogens is 219 g/mol. The fourth-order valence-electron chi connectivity index (χ4n) is 2.41. The van der Waals surface area contributed by atoms with E-state index in [4.69, 9.17) is 0 Å². The minimum atomic E-state index is -4.06. The van der Waals surface area contributed by atoms with E-state index >= 15 is 0 Å². The normalized spacial score (nSPS) is 32.1. The second kappa shape index (κ2) is 5.33. The SMILES string of the molecule is CNNC1CC(C(F)(F)F)CC[C@H]1N(C)C. The number of halogens is 3. The van der Waals surface area contributed by atoms with Gasteiger partial charge in [0, 0.05) is 12.1 Å². The van der Waals surface area contributed by atoms with Crippen LogP contribution in [0.1, 0.15) is 19.3 Å². The van der Waals surface area contributed by atoms with Crippen LogP contribution in [0.25, 0.3) is 0 Å². The van der Waals surface area contributed by atoms with Crippen LogP contribution in [0.5, 0.6) is 0 Å². The van der Waals surface area contributed by atoms with Crippen LogP contribution >= 0.6 is 0 Å². The molecule has 16 heavy (non-hydrogen) atoms. The Morgan fingerprint density at radius 1 is 1.19 bits per heavy atom. The summed E-state index contributed by atoms with van der Waals surface area (Å²) in [5.74, 6) is -1.17. The molecule has 0 saturated heterocycles. The number of likely N-dealkylation sites (N-methyl/N-ethyl adjacent to an activating group) is 1. The monoisotopic (exact) mass is 239 g/mol. The standard InChI is InChI=1S/C10H20F3N3/c1-14-15-8-6-7(10(11,12)13)4-5-9(8)16(2)3/h7-9,14-15H,4-6H2,1-3H3/t7?,8?,9-/m1/s1. The third-order valence-corrected chi connectivity index (χ3v) is 3.27. The van der Waals surface area contributed by atoms with Gasteiger partial charge in [-0.2, -0.15) is 13.2 Å². The van der Waals surface area contributed by atoms with Gasteiger partial charge in [-0.05, 0) is 40.4 Å². The Bertz CT molecular complexity index is 218. The molecule has 1 aliphatic rings. The quantitative estimate of drug-likeness (QED) is 0.728. The Kier molecular flexibility index (Phi) is 4.58. The van der Waals surface area contributed by atoms with E-state index in [1.165, 1.54) is 0 Å². The smallest absolute Gasteiger partial charge is 0.305 e. The van der Waals surface area contributed by atoms with Gasteiger partial charge in [-0.3, -0.25) is 10.9 Å². The summed E-state index contributed by atoms with van der Waals surface area (Å²) >= 11 is 0. The van der Waals surface area contributed by atoms with Crippen molar-refractivity contribution >= 4 is 0 Å². The first kappa shape index (κ1) is 13.7. The number of rotatable bonds is 3. The second-order valence-corrected chi connectivity index (χ2v) is 4.58. The van der Waals surface area contributed by atoms with Gasteiger partial charge in [0.05, 0.1) is 5.92 Å². The van der Waals surface area contributed by atoms with E-state index in [9.17, 15) is 13.2 Å². The minimum absolute atomic E-state index is 0.146. The minimum Gasteiger partial charge on any atom is -0.305 e. The molecule has 2 unspecified atom stereocenters.